The van der Waals surface area contributed by atoms with Crippen molar-refractivity contribution in [1.29, 1.82) is 0 Å². The van der Waals surface area contributed by atoms with Crippen molar-refractivity contribution >= 4 is 0 Å². The molecule has 130 valence electrons. The highest BCUT2D eigenvalue weighted by atomic mass is 19.1. The SMILES string of the molecule is CN(C)CCC1CCN(CC(O)COc2ccc(F)cc2)CC1. The van der Waals surface area contributed by atoms with Crippen LogP contribution in [0.3, 0.4) is 0 Å². The van der Waals surface area contributed by atoms with E-state index in [4.69, 9.17) is 4.74 Å². The number of hydrogen-bond donors (Lipinski definition) is 1. The molecule has 1 aliphatic heterocycles. The summed E-state index contributed by atoms with van der Waals surface area (Å²) in [6.07, 6.45) is 3.16. The quantitative estimate of drug-likeness (QED) is 0.795. The molecule has 0 aliphatic carbocycles. The van der Waals surface area contributed by atoms with E-state index >= 15 is 0 Å². The molecular weight excluding hydrogens is 295 g/mol. The zero-order valence-electron chi connectivity index (χ0n) is 14.2. The van der Waals surface area contributed by atoms with Crippen molar-refractivity contribution in [2.75, 3.05) is 46.9 Å². The van der Waals surface area contributed by atoms with E-state index in [2.05, 4.69) is 23.9 Å². The topological polar surface area (TPSA) is 35.9 Å². The molecule has 0 spiro atoms. The molecule has 2 rings (SSSR count). The Morgan fingerprint density at radius 2 is 1.91 bits per heavy atom. The third-order valence-electron chi connectivity index (χ3n) is 4.42. The van der Waals surface area contributed by atoms with Gasteiger partial charge in [0.05, 0.1) is 0 Å². The minimum absolute atomic E-state index is 0.242. The fourth-order valence-electron chi connectivity index (χ4n) is 2.97. The lowest BCUT2D eigenvalue weighted by Crippen LogP contribution is -2.41. The second-order valence-electron chi connectivity index (χ2n) is 6.75. The van der Waals surface area contributed by atoms with E-state index < -0.39 is 6.10 Å². The second kappa shape index (κ2) is 9.21. The number of piperidine rings is 1. The summed E-state index contributed by atoms with van der Waals surface area (Å²) in [6.45, 7) is 4.13. The summed E-state index contributed by atoms with van der Waals surface area (Å²) in [4.78, 5) is 4.55. The van der Waals surface area contributed by atoms with E-state index in [1.807, 2.05) is 0 Å². The highest BCUT2D eigenvalue weighted by Crippen LogP contribution is 2.20. The maximum atomic E-state index is 12.8. The van der Waals surface area contributed by atoms with Gasteiger partial charge < -0.3 is 19.6 Å². The summed E-state index contributed by atoms with van der Waals surface area (Å²) in [6, 6.07) is 5.89. The van der Waals surface area contributed by atoms with E-state index in [0.29, 0.717) is 12.3 Å². The van der Waals surface area contributed by atoms with Gasteiger partial charge in [0.25, 0.3) is 0 Å². The summed E-state index contributed by atoms with van der Waals surface area (Å²) >= 11 is 0. The van der Waals surface area contributed by atoms with Crippen LogP contribution in [-0.4, -0.2) is 67.9 Å². The molecule has 1 N–H and O–H groups in total. The number of hydrogen-bond acceptors (Lipinski definition) is 4. The number of likely N-dealkylation sites (tertiary alicyclic amines) is 1. The summed E-state index contributed by atoms with van der Waals surface area (Å²) in [7, 11) is 4.24. The van der Waals surface area contributed by atoms with Crippen LogP contribution in [0.2, 0.25) is 0 Å². The average Bonchev–Trinajstić information content (AvgIpc) is 2.53. The van der Waals surface area contributed by atoms with E-state index in [1.165, 1.54) is 31.4 Å². The van der Waals surface area contributed by atoms with Crippen LogP contribution in [0.5, 0.6) is 5.75 Å². The smallest absolute Gasteiger partial charge is 0.123 e. The monoisotopic (exact) mass is 324 g/mol. The van der Waals surface area contributed by atoms with Crippen molar-refractivity contribution in [3.63, 3.8) is 0 Å². The molecule has 1 aliphatic rings. The van der Waals surface area contributed by atoms with E-state index in [1.54, 1.807) is 12.1 Å². The van der Waals surface area contributed by atoms with Crippen LogP contribution >= 0.6 is 0 Å². The zero-order chi connectivity index (χ0) is 16.7. The minimum Gasteiger partial charge on any atom is -0.491 e. The molecule has 1 fully saturated rings. The first-order valence-electron chi connectivity index (χ1n) is 8.46. The van der Waals surface area contributed by atoms with E-state index in [9.17, 15) is 9.50 Å². The second-order valence-corrected chi connectivity index (χ2v) is 6.75. The predicted octanol–water partition coefficient (Wildman–Crippen LogP) is 2.23. The molecule has 0 amide bonds. The van der Waals surface area contributed by atoms with E-state index in [0.717, 1.165) is 25.6 Å². The number of aliphatic hydroxyl groups is 1. The van der Waals surface area contributed by atoms with Crippen molar-refractivity contribution in [3.05, 3.63) is 30.1 Å². The lowest BCUT2D eigenvalue weighted by atomic mass is 9.93. The Bertz CT molecular complexity index is 445. The fraction of sp³-hybridized carbons (Fsp3) is 0.667. The van der Waals surface area contributed by atoms with Crippen LogP contribution in [0, 0.1) is 11.7 Å². The summed E-state index contributed by atoms with van der Waals surface area (Å²) < 4.78 is 18.3. The predicted molar refractivity (Wildman–Crippen MR) is 90.2 cm³/mol. The van der Waals surface area contributed by atoms with Crippen LogP contribution in [-0.2, 0) is 0 Å². The normalized spacial score (nSPS) is 18.3. The molecule has 1 saturated heterocycles. The van der Waals surface area contributed by atoms with Crippen molar-refractivity contribution in [2.24, 2.45) is 5.92 Å². The molecule has 5 heteroatoms. The van der Waals surface area contributed by atoms with Gasteiger partial charge in [0.2, 0.25) is 0 Å². The maximum absolute atomic E-state index is 12.8. The fourth-order valence-corrected chi connectivity index (χ4v) is 2.97. The third kappa shape index (κ3) is 6.85. The standard InChI is InChI=1S/C18H29FN2O2/c1-20(2)10-7-15-8-11-21(12-9-15)13-17(22)14-23-18-5-3-16(19)4-6-18/h3-6,15,17,22H,7-14H2,1-2H3. The van der Waals surface area contributed by atoms with Crippen molar-refractivity contribution < 1.29 is 14.2 Å². The van der Waals surface area contributed by atoms with Crippen LogP contribution < -0.4 is 4.74 Å². The molecule has 1 unspecified atom stereocenters. The van der Waals surface area contributed by atoms with Gasteiger partial charge >= 0.3 is 0 Å². The summed E-state index contributed by atoms with van der Waals surface area (Å²) in [5.74, 6) is 1.11. The zero-order valence-corrected chi connectivity index (χ0v) is 14.2. The van der Waals surface area contributed by atoms with Gasteiger partial charge in [-0.3, -0.25) is 0 Å². The Labute approximate surface area is 138 Å². The van der Waals surface area contributed by atoms with Crippen LogP contribution in [0.15, 0.2) is 24.3 Å². The van der Waals surface area contributed by atoms with Gasteiger partial charge in [0.15, 0.2) is 0 Å². The number of halogens is 1. The first-order chi connectivity index (χ1) is 11.0. The molecule has 1 aromatic rings. The van der Waals surface area contributed by atoms with Gasteiger partial charge in [0.1, 0.15) is 24.3 Å². The average molecular weight is 324 g/mol. The number of nitrogens with zero attached hydrogens (tertiary/aromatic N) is 2. The largest absolute Gasteiger partial charge is 0.491 e. The molecule has 0 bridgehead atoms. The Morgan fingerprint density at radius 1 is 1.26 bits per heavy atom. The highest BCUT2D eigenvalue weighted by molar-refractivity contribution is 5.22. The van der Waals surface area contributed by atoms with Gasteiger partial charge in [-0.2, -0.15) is 0 Å². The third-order valence-corrected chi connectivity index (χ3v) is 4.42. The van der Waals surface area contributed by atoms with Crippen molar-refractivity contribution in [1.82, 2.24) is 9.80 Å². The number of aliphatic hydroxyl groups excluding tert-OH is 1. The molecule has 0 saturated carbocycles. The number of rotatable bonds is 8. The molecule has 0 radical (unpaired) electrons. The molecule has 1 aromatic carbocycles. The van der Waals surface area contributed by atoms with E-state index in [-0.39, 0.29) is 12.4 Å². The van der Waals surface area contributed by atoms with Gasteiger partial charge in [-0.15, -0.1) is 0 Å². The number of ether oxygens (including phenoxy) is 1. The Balaban J connectivity index is 1.62. The molecule has 23 heavy (non-hydrogen) atoms. The lowest BCUT2D eigenvalue weighted by molar-refractivity contribution is 0.0538. The van der Waals surface area contributed by atoms with Gasteiger partial charge in [0, 0.05) is 6.54 Å². The molecular formula is C18H29FN2O2. The van der Waals surface area contributed by atoms with Crippen LogP contribution in [0.4, 0.5) is 4.39 Å². The highest BCUT2D eigenvalue weighted by Gasteiger charge is 2.21. The molecule has 0 aromatic heterocycles. The van der Waals surface area contributed by atoms with Crippen LogP contribution in [0.25, 0.3) is 0 Å². The van der Waals surface area contributed by atoms with Gasteiger partial charge in [-0.05, 0) is 83.2 Å². The summed E-state index contributed by atoms with van der Waals surface area (Å²) in [5.41, 5.74) is 0. The summed E-state index contributed by atoms with van der Waals surface area (Å²) in [5, 5.41) is 10.1. The first kappa shape index (κ1) is 18.2. The van der Waals surface area contributed by atoms with Crippen LogP contribution in [0.1, 0.15) is 19.3 Å². The Morgan fingerprint density at radius 3 is 2.52 bits per heavy atom. The van der Waals surface area contributed by atoms with Gasteiger partial charge in [-0.25, -0.2) is 4.39 Å². The van der Waals surface area contributed by atoms with Crippen molar-refractivity contribution in [2.45, 2.75) is 25.4 Å². The molecule has 4 nitrogen and oxygen atoms in total. The minimum atomic E-state index is -0.515. The number of β-amino-alcohol motifs (C(OH)–C–C–N with tert-alkyl or cyclic N) is 1. The molecule has 1 heterocycles. The first-order valence-corrected chi connectivity index (χ1v) is 8.46. The lowest BCUT2D eigenvalue weighted by Gasteiger charge is -2.33. The maximum Gasteiger partial charge on any atom is 0.123 e. The van der Waals surface area contributed by atoms with Crippen molar-refractivity contribution in [3.8, 4) is 5.75 Å². The number of benzene rings is 1. The Hall–Kier alpha value is -1.17. The van der Waals surface area contributed by atoms with Gasteiger partial charge in [-0.1, -0.05) is 0 Å². The molecule has 1 atom stereocenters. The Kier molecular flexibility index (Phi) is 7.27.